The highest BCUT2D eigenvalue weighted by atomic mass is 32.2. The first kappa shape index (κ1) is 29.7. The zero-order chi connectivity index (χ0) is 30.8. The topological polar surface area (TPSA) is 146 Å². The third-order valence-corrected chi connectivity index (χ3v) is 10.5. The van der Waals surface area contributed by atoms with Crippen LogP contribution in [0.25, 0.3) is 21.9 Å². The maximum atomic E-state index is 14.3. The molecule has 1 aromatic heterocycles. The van der Waals surface area contributed by atoms with Crippen LogP contribution in [0.15, 0.2) is 111 Å². The minimum absolute atomic E-state index is 0.0130. The van der Waals surface area contributed by atoms with E-state index in [2.05, 4.69) is 0 Å². The molecule has 4 aromatic carbocycles. The Balaban J connectivity index is 1.50. The van der Waals surface area contributed by atoms with Crippen LogP contribution in [0.1, 0.15) is 22.6 Å². The van der Waals surface area contributed by atoms with Crippen LogP contribution in [0, 0.1) is 18.3 Å². The van der Waals surface area contributed by atoms with Crippen molar-refractivity contribution in [2.24, 2.45) is 0 Å². The van der Waals surface area contributed by atoms with Gasteiger partial charge in [-0.25, -0.2) is 16.8 Å². The second-order valence-corrected chi connectivity index (χ2v) is 13.8. The Hall–Kier alpha value is -4.76. The van der Waals surface area contributed by atoms with Crippen LogP contribution in [0.2, 0.25) is 0 Å². The zero-order valence-corrected chi connectivity index (χ0v) is 24.6. The van der Waals surface area contributed by atoms with Gasteiger partial charge in [-0.3, -0.25) is 4.79 Å². The summed E-state index contributed by atoms with van der Waals surface area (Å²) in [4.78, 5) is 11.1. The van der Waals surface area contributed by atoms with Crippen LogP contribution in [-0.4, -0.2) is 38.0 Å². The van der Waals surface area contributed by atoms with E-state index in [0.717, 1.165) is 5.39 Å². The molecular weight excluding hydrogens is 588 g/mol. The number of furan rings is 1. The summed E-state index contributed by atoms with van der Waals surface area (Å²) in [5, 5.41) is 19.5. The van der Waals surface area contributed by atoms with Gasteiger partial charge in [0.1, 0.15) is 11.8 Å². The summed E-state index contributed by atoms with van der Waals surface area (Å²) in [6.07, 6.45) is 0. The predicted octanol–water partition coefficient (Wildman–Crippen LogP) is 5.53. The van der Waals surface area contributed by atoms with E-state index in [-0.39, 0.29) is 28.6 Å². The number of sulfone groups is 1. The minimum Gasteiger partial charge on any atom is -0.480 e. The quantitative estimate of drug-likeness (QED) is 0.216. The van der Waals surface area contributed by atoms with E-state index in [1.54, 1.807) is 61.5 Å². The van der Waals surface area contributed by atoms with Gasteiger partial charge in [0.05, 0.1) is 16.3 Å². The molecule has 218 valence electrons. The number of aliphatic carboxylic acids is 1. The van der Waals surface area contributed by atoms with Crippen LogP contribution in [0.3, 0.4) is 0 Å². The Bertz CT molecular complexity index is 2090. The molecule has 0 spiro atoms. The fourth-order valence-electron chi connectivity index (χ4n) is 4.87. The first-order valence-corrected chi connectivity index (χ1v) is 16.2. The maximum absolute atomic E-state index is 14.3. The molecular formula is C32H26N2O7S2. The van der Waals surface area contributed by atoms with Crippen LogP contribution < -0.4 is 0 Å². The number of fused-ring (bicyclic) bond motifs is 1. The van der Waals surface area contributed by atoms with Crippen molar-refractivity contribution in [2.75, 3.05) is 5.75 Å². The molecule has 0 saturated heterocycles. The van der Waals surface area contributed by atoms with Crippen molar-refractivity contribution in [2.45, 2.75) is 29.8 Å². The minimum atomic E-state index is -4.07. The fraction of sp³-hybridized carbons (Fsp3) is 0.125. The van der Waals surface area contributed by atoms with E-state index in [4.69, 9.17) is 9.52 Å². The van der Waals surface area contributed by atoms with Gasteiger partial charge in [0.15, 0.2) is 15.6 Å². The molecule has 0 atom stereocenters. The lowest BCUT2D eigenvalue weighted by molar-refractivity contribution is -0.134. The molecule has 0 fully saturated rings. The second-order valence-electron chi connectivity index (χ2n) is 9.96. The summed E-state index contributed by atoms with van der Waals surface area (Å²) in [5.74, 6) is -2.06. The van der Waals surface area contributed by atoms with Gasteiger partial charge in [0.25, 0.3) is 0 Å². The number of sulfonamides is 1. The average molecular weight is 615 g/mol. The Morgan fingerprint density at radius 2 is 1.60 bits per heavy atom. The number of hydrogen-bond donors (Lipinski definition) is 1. The summed E-state index contributed by atoms with van der Waals surface area (Å²) < 4.78 is 60.2. The standard InChI is InChI=1S/C32H26N2O7S2/c1-22-9-12-25-5-2-3-8-30(25)32(22)43(39,40)34(20-28-16-15-27(18-33)41-28)19-23-10-13-24(14-11-23)26-6-4-7-29(17-26)42(37,38)21-31(35)36/h2-17H,19-21H2,1H3,(H,35,36). The Morgan fingerprint density at radius 1 is 0.860 bits per heavy atom. The molecule has 5 aromatic rings. The van der Waals surface area contributed by atoms with Gasteiger partial charge in [-0.05, 0) is 58.8 Å². The molecule has 0 aliphatic carbocycles. The molecule has 5 rings (SSSR count). The fourth-order valence-corrected chi connectivity index (χ4v) is 7.76. The van der Waals surface area contributed by atoms with E-state index < -0.39 is 31.6 Å². The molecule has 0 amide bonds. The number of carbonyl (C=O) groups is 1. The van der Waals surface area contributed by atoms with Gasteiger partial charge in [-0.2, -0.15) is 9.57 Å². The number of aryl methyl sites for hydroxylation is 1. The number of rotatable bonds is 10. The van der Waals surface area contributed by atoms with Gasteiger partial charge in [0, 0.05) is 11.9 Å². The summed E-state index contributed by atoms with van der Waals surface area (Å²) in [7, 11) is -8.08. The first-order valence-electron chi connectivity index (χ1n) is 13.1. The maximum Gasteiger partial charge on any atom is 0.319 e. The lowest BCUT2D eigenvalue weighted by Crippen LogP contribution is -2.31. The van der Waals surface area contributed by atoms with E-state index in [0.29, 0.717) is 33.4 Å². The molecule has 9 nitrogen and oxygen atoms in total. The smallest absolute Gasteiger partial charge is 0.319 e. The van der Waals surface area contributed by atoms with Crippen molar-refractivity contribution in [3.63, 3.8) is 0 Å². The monoisotopic (exact) mass is 614 g/mol. The number of nitriles is 1. The van der Waals surface area contributed by atoms with Crippen LogP contribution in [0.5, 0.6) is 0 Å². The number of nitrogens with zero attached hydrogens (tertiary/aromatic N) is 2. The molecule has 11 heteroatoms. The van der Waals surface area contributed by atoms with E-state index in [9.17, 15) is 26.9 Å². The molecule has 0 saturated carbocycles. The molecule has 0 bridgehead atoms. The summed E-state index contributed by atoms with van der Waals surface area (Å²) >= 11 is 0. The van der Waals surface area contributed by atoms with E-state index in [1.165, 1.54) is 28.6 Å². The number of benzene rings is 4. The number of carboxylic acid groups (broad SMARTS) is 1. The van der Waals surface area contributed by atoms with Crippen LogP contribution in [0.4, 0.5) is 0 Å². The van der Waals surface area contributed by atoms with Crippen LogP contribution >= 0.6 is 0 Å². The third kappa shape index (κ3) is 6.36. The van der Waals surface area contributed by atoms with E-state index >= 15 is 0 Å². The highest BCUT2D eigenvalue weighted by molar-refractivity contribution is 7.92. The van der Waals surface area contributed by atoms with Crippen molar-refractivity contribution in [3.8, 4) is 17.2 Å². The number of hydrogen-bond acceptors (Lipinski definition) is 7. The van der Waals surface area contributed by atoms with Crippen molar-refractivity contribution < 1.29 is 31.2 Å². The summed E-state index contributed by atoms with van der Waals surface area (Å²) in [6.45, 7) is 1.62. The van der Waals surface area contributed by atoms with Crippen molar-refractivity contribution in [3.05, 3.63) is 120 Å². The normalized spacial score (nSPS) is 11.9. The SMILES string of the molecule is Cc1ccc2ccccc2c1S(=O)(=O)N(Cc1ccc(-c2cccc(S(=O)(=O)CC(=O)O)c2)cc1)Cc1ccc(C#N)o1. The average Bonchev–Trinajstić information content (AvgIpc) is 3.44. The highest BCUT2D eigenvalue weighted by Gasteiger charge is 2.29. The molecule has 0 aliphatic rings. The highest BCUT2D eigenvalue weighted by Crippen LogP contribution is 2.32. The largest absolute Gasteiger partial charge is 0.480 e. The second kappa shape index (κ2) is 11.9. The first-order chi connectivity index (χ1) is 20.5. The van der Waals surface area contributed by atoms with E-state index in [1.807, 2.05) is 24.3 Å². The number of carboxylic acids is 1. The third-order valence-electron chi connectivity index (χ3n) is 6.93. The molecule has 43 heavy (non-hydrogen) atoms. The Labute approximate surface area is 249 Å². The molecule has 1 heterocycles. The van der Waals surface area contributed by atoms with Gasteiger partial charge >= 0.3 is 5.97 Å². The lowest BCUT2D eigenvalue weighted by atomic mass is 10.0. The zero-order valence-electron chi connectivity index (χ0n) is 23.0. The van der Waals surface area contributed by atoms with Crippen molar-refractivity contribution in [1.82, 2.24) is 4.31 Å². The molecule has 1 N–H and O–H groups in total. The van der Waals surface area contributed by atoms with Crippen molar-refractivity contribution >= 4 is 36.6 Å². The lowest BCUT2D eigenvalue weighted by Gasteiger charge is -2.23. The molecule has 0 unspecified atom stereocenters. The Morgan fingerprint density at radius 3 is 2.30 bits per heavy atom. The van der Waals surface area contributed by atoms with Crippen LogP contribution in [-0.2, 0) is 37.7 Å². The van der Waals surface area contributed by atoms with Gasteiger partial charge < -0.3 is 9.52 Å². The van der Waals surface area contributed by atoms with Gasteiger partial charge in [-0.1, -0.05) is 72.8 Å². The predicted molar refractivity (Wildman–Crippen MR) is 160 cm³/mol. The summed E-state index contributed by atoms with van der Waals surface area (Å²) in [6, 6.07) is 28.9. The summed E-state index contributed by atoms with van der Waals surface area (Å²) in [5.41, 5.74) is 2.48. The molecule has 0 aliphatic heterocycles. The van der Waals surface area contributed by atoms with Gasteiger partial charge in [-0.15, -0.1) is 0 Å². The Kier molecular flexibility index (Phi) is 8.19. The van der Waals surface area contributed by atoms with Crippen molar-refractivity contribution in [1.29, 1.82) is 5.26 Å². The molecule has 0 radical (unpaired) electrons. The van der Waals surface area contributed by atoms with Gasteiger partial charge in [0.2, 0.25) is 15.8 Å².